The summed E-state index contributed by atoms with van der Waals surface area (Å²) in [5.74, 6) is 1.54. The molecule has 0 saturated carbocycles. The molecule has 2 N–H and O–H groups in total. The summed E-state index contributed by atoms with van der Waals surface area (Å²) in [6.07, 6.45) is -0.778. The molecule has 1 aromatic heterocycles. The van der Waals surface area contributed by atoms with Gasteiger partial charge >= 0.3 is 0 Å². The van der Waals surface area contributed by atoms with Crippen molar-refractivity contribution in [2.24, 2.45) is 0 Å². The van der Waals surface area contributed by atoms with Gasteiger partial charge in [-0.25, -0.2) is 0 Å². The second-order valence-corrected chi connectivity index (χ2v) is 5.40. The molecule has 1 unspecified atom stereocenters. The van der Waals surface area contributed by atoms with Crippen LogP contribution in [0.3, 0.4) is 0 Å². The Kier molecular flexibility index (Phi) is 6.08. The summed E-state index contributed by atoms with van der Waals surface area (Å²) in [4.78, 5) is 0. The molecule has 0 radical (unpaired) electrons. The van der Waals surface area contributed by atoms with E-state index >= 15 is 0 Å². The first-order valence-corrected chi connectivity index (χ1v) is 7.26. The predicted molar refractivity (Wildman–Crippen MR) is 82.5 cm³/mol. The van der Waals surface area contributed by atoms with Gasteiger partial charge in [0.15, 0.2) is 0 Å². The normalized spacial score (nSPS) is 12.6. The quantitative estimate of drug-likeness (QED) is 0.815. The molecule has 1 aromatic carbocycles. The summed E-state index contributed by atoms with van der Waals surface area (Å²) in [7, 11) is 1.62. The van der Waals surface area contributed by atoms with Crippen LogP contribution in [0.2, 0.25) is 10.0 Å². The van der Waals surface area contributed by atoms with Crippen LogP contribution in [-0.2, 0) is 17.9 Å². The highest BCUT2D eigenvalue weighted by molar-refractivity contribution is 6.36. The first kappa shape index (κ1) is 16.3. The number of hydrogen-bond donors (Lipinski definition) is 2. The topological polar surface area (TPSA) is 54.6 Å². The van der Waals surface area contributed by atoms with Crippen molar-refractivity contribution in [2.45, 2.75) is 19.3 Å². The highest BCUT2D eigenvalue weighted by Crippen LogP contribution is 2.29. The number of nitrogens with one attached hydrogen (secondary N) is 1. The Morgan fingerprint density at radius 2 is 1.86 bits per heavy atom. The van der Waals surface area contributed by atoms with Gasteiger partial charge in [0.1, 0.15) is 18.1 Å². The smallest absolute Gasteiger partial charge is 0.129 e. The number of hydrogen-bond acceptors (Lipinski definition) is 4. The van der Waals surface area contributed by atoms with E-state index in [1.807, 2.05) is 12.1 Å². The fourth-order valence-corrected chi connectivity index (χ4v) is 2.65. The average Bonchev–Trinajstić information content (AvgIpc) is 2.87. The number of aliphatic hydroxyl groups is 1. The van der Waals surface area contributed by atoms with Gasteiger partial charge < -0.3 is 19.6 Å². The van der Waals surface area contributed by atoms with E-state index < -0.39 is 6.10 Å². The van der Waals surface area contributed by atoms with Crippen LogP contribution in [0, 0.1) is 0 Å². The van der Waals surface area contributed by atoms with Crippen molar-refractivity contribution in [3.05, 3.63) is 57.5 Å². The summed E-state index contributed by atoms with van der Waals surface area (Å²) in [5.41, 5.74) is 0.535. The van der Waals surface area contributed by atoms with Gasteiger partial charge in [0.05, 0.1) is 12.6 Å². The van der Waals surface area contributed by atoms with Crippen LogP contribution in [0.25, 0.3) is 0 Å². The van der Waals surface area contributed by atoms with Gasteiger partial charge in [-0.2, -0.15) is 0 Å². The molecule has 1 heterocycles. The molecular formula is C15H17Cl2NO3. The Bertz CT molecular complexity index is 566. The monoisotopic (exact) mass is 329 g/mol. The summed E-state index contributed by atoms with van der Waals surface area (Å²) in [6.45, 7) is 1.27. The second-order valence-electron chi connectivity index (χ2n) is 4.58. The highest BCUT2D eigenvalue weighted by atomic mass is 35.5. The molecule has 0 spiro atoms. The van der Waals surface area contributed by atoms with Gasteiger partial charge in [-0.3, -0.25) is 0 Å². The molecule has 0 aliphatic rings. The van der Waals surface area contributed by atoms with Crippen LogP contribution in [0.5, 0.6) is 0 Å². The minimum atomic E-state index is -0.778. The number of aliphatic hydroxyl groups excluding tert-OH is 1. The summed E-state index contributed by atoms with van der Waals surface area (Å²) in [5, 5.41) is 14.2. The fraction of sp³-hybridized carbons (Fsp3) is 0.333. The SMILES string of the molecule is COCc1ccc(CNCC(O)c2c(Cl)cccc2Cl)o1. The molecular weight excluding hydrogens is 313 g/mol. The van der Waals surface area contributed by atoms with Crippen LogP contribution in [-0.4, -0.2) is 18.8 Å². The van der Waals surface area contributed by atoms with Crippen LogP contribution in [0.4, 0.5) is 0 Å². The molecule has 6 heteroatoms. The molecule has 21 heavy (non-hydrogen) atoms. The molecule has 2 aromatic rings. The number of methoxy groups -OCH3 is 1. The van der Waals surface area contributed by atoms with Crippen molar-refractivity contribution in [1.82, 2.24) is 5.32 Å². The van der Waals surface area contributed by atoms with Crippen LogP contribution < -0.4 is 5.32 Å². The third-order valence-electron chi connectivity index (χ3n) is 2.97. The number of halogens is 2. The van der Waals surface area contributed by atoms with Gasteiger partial charge in [0.2, 0.25) is 0 Å². The molecule has 0 aliphatic heterocycles. The lowest BCUT2D eigenvalue weighted by Crippen LogP contribution is -2.21. The zero-order valence-corrected chi connectivity index (χ0v) is 13.1. The lowest BCUT2D eigenvalue weighted by atomic mass is 10.1. The molecule has 1 atom stereocenters. The van der Waals surface area contributed by atoms with E-state index in [1.165, 1.54) is 0 Å². The minimum absolute atomic E-state index is 0.323. The Hall–Kier alpha value is -1.04. The molecule has 0 amide bonds. The lowest BCUT2D eigenvalue weighted by Gasteiger charge is -2.14. The Morgan fingerprint density at radius 3 is 2.52 bits per heavy atom. The summed E-state index contributed by atoms with van der Waals surface area (Å²) < 4.78 is 10.5. The summed E-state index contributed by atoms with van der Waals surface area (Å²) >= 11 is 12.1. The predicted octanol–water partition coefficient (Wildman–Crippen LogP) is 3.56. The summed E-state index contributed by atoms with van der Waals surface area (Å²) in [6, 6.07) is 8.89. The van der Waals surface area contributed by atoms with E-state index in [1.54, 1.807) is 25.3 Å². The third-order valence-corrected chi connectivity index (χ3v) is 3.63. The maximum absolute atomic E-state index is 10.2. The van der Waals surface area contributed by atoms with E-state index in [0.29, 0.717) is 35.3 Å². The van der Waals surface area contributed by atoms with E-state index in [9.17, 15) is 5.11 Å². The van der Waals surface area contributed by atoms with Crippen molar-refractivity contribution >= 4 is 23.2 Å². The maximum atomic E-state index is 10.2. The van der Waals surface area contributed by atoms with E-state index in [4.69, 9.17) is 32.4 Å². The molecule has 114 valence electrons. The van der Waals surface area contributed by atoms with Gasteiger partial charge in [-0.1, -0.05) is 29.3 Å². The Balaban J connectivity index is 1.87. The second kappa shape index (κ2) is 7.82. The first-order valence-electron chi connectivity index (χ1n) is 6.51. The van der Waals surface area contributed by atoms with Crippen molar-refractivity contribution in [3.63, 3.8) is 0 Å². The molecule has 0 fully saturated rings. The van der Waals surface area contributed by atoms with Gasteiger partial charge in [0, 0.05) is 29.3 Å². The van der Waals surface area contributed by atoms with Gasteiger partial charge in [-0.05, 0) is 24.3 Å². The molecule has 2 rings (SSSR count). The number of ether oxygens (including phenoxy) is 1. The Labute approximate surface area is 133 Å². The Morgan fingerprint density at radius 1 is 1.19 bits per heavy atom. The molecule has 0 aliphatic carbocycles. The van der Waals surface area contributed by atoms with E-state index in [-0.39, 0.29) is 0 Å². The van der Waals surface area contributed by atoms with Crippen LogP contribution >= 0.6 is 23.2 Å². The van der Waals surface area contributed by atoms with Crippen molar-refractivity contribution in [2.75, 3.05) is 13.7 Å². The maximum Gasteiger partial charge on any atom is 0.129 e. The zero-order chi connectivity index (χ0) is 15.2. The van der Waals surface area contributed by atoms with Crippen molar-refractivity contribution in [3.8, 4) is 0 Å². The standard InChI is InChI=1S/C15H17Cl2NO3/c1-20-9-11-6-5-10(21-11)7-18-8-14(19)15-12(16)3-2-4-13(15)17/h2-6,14,18-19H,7-9H2,1H3. The number of benzene rings is 1. The van der Waals surface area contributed by atoms with Crippen molar-refractivity contribution in [1.29, 1.82) is 0 Å². The van der Waals surface area contributed by atoms with Gasteiger partial charge in [0.25, 0.3) is 0 Å². The van der Waals surface area contributed by atoms with Crippen molar-refractivity contribution < 1.29 is 14.3 Å². The van der Waals surface area contributed by atoms with Crippen LogP contribution in [0.1, 0.15) is 23.2 Å². The zero-order valence-electron chi connectivity index (χ0n) is 11.6. The third kappa shape index (κ3) is 4.46. The minimum Gasteiger partial charge on any atom is -0.462 e. The largest absolute Gasteiger partial charge is 0.462 e. The van der Waals surface area contributed by atoms with E-state index in [0.717, 1.165) is 11.5 Å². The fourth-order valence-electron chi connectivity index (χ4n) is 2.00. The molecule has 4 nitrogen and oxygen atoms in total. The van der Waals surface area contributed by atoms with Gasteiger partial charge in [-0.15, -0.1) is 0 Å². The highest BCUT2D eigenvalue weighted by Gasteiger charge is 2.15. The first-order chi connectivity index (χ1) is 10.1. The molecule has 0 bridgehead atoms. The lowest BCUT2D eigenvalue weighted by molar-refractivity contribution is 0.160. The number of furan rings is 1. The average molecular weight is 330 g/mol. The van der Waals surface area contributed by atoms with E-state index in [2.05, 4.69) is 5.32 Å². The number of rotatable bonds is 7. The van der Waals surface area contributed by atoms with Crippen LogP contribution in [0.15, 0.2) is 34.7 Å². The molecule has 0 saturated heterocycles.